The Morgan fingerprint density at radius 3 is 2.14 bits per heavy atom. The highest BCUT2D eigenvalue weighted by atomic mass is 16.8. The summed E-state index contributed by atoms with van der Waals surface area (Å²) in [6, 6.07) is 7.86. The summed E-state index contributed by atoms with van der Waals surface area (Å²) in [7, 11) is 0. The van der Waals surface area contributed by atoms with Crippen LogP contribution in [-0.2, 0) is 25.7 Å². The van der Waals surface area contributed by atoms with E-state index in [1.807, 2.05) is 38.1 Å². The van der Waals surface area contributed by atoms with Gasteiger partial charge in [-0.15, -0.1) is 0 Å². The van der Waals surface area contributed by atoms with Crippen LogP contribution in [0.4, 0.5) is 0 Å². The molecule has 200 valence electrons. The van der Waals surface area contributed by atoms with Gasteiger partial charge in [0.2, 0.25) is 0 Å². The highest BCUT2D eigenvalue weighted by Gasteiger charge is 2.51. The molecule has 0 radical (unpaired) electrons. The third kappa shape index (κ3) is 7.89. The van der Waals surface area contributed by atoms with Crippen LogP contribution in [0.2, 0.25) is 0 Å². The molecule has 0 heterocycles. The molecule has 2 aliphatic carbocycles. The zero-order chi connectivity index (χ0) is 26.0. The standard InChI is InChI=1S/C29H44N2O5/c1-21(2)20-35-22(3)36-31-27(32)18-17-23-13-15-24(16-14-23)19-30-29(28(33)34,26-11-7-8-12-26)25-9-5-4-6-10-25/h13-18,21-22,25-26,30H,4-12,19-20H2,1-3H3,(H,31,32)(H,33,34)/b18-17+/t22?,29-/m1/s1. The van der Waals surface area contributed by atoms with Crippen LogP contribution in [0, 0.1) is 17.8 Å². The van der Waals surface area contributed by atoms with E-state index < -0.39 is 17.8 Å². The number of carboxylic acids is 1. The normalized spacial score (nSPS) is 20.0. The number of hydrogen-bond acceptors (Lipinski definition) is 5. The van der Waals surface area contributed by atoms with Crippen LogP contribution in [0.25, 0.3) is 6.08 Å². The Kier molecular flexibility index (Phi) is 11.0. The Balaban J connectivity index is 1.56. The maximum absolute atomic E-state index is 12.8. The molecule has 0 spiro atoms. The first-order chi connectivity index (χ1) is 17.3. The lowest BCUT2D eigenvalue weighted by atomic mass is 9.67. The Hall–Kier alpha value is -2.22. The second-order valence-electron chi connectivity index (χ2n) is 10.8. The molecule has 2 atom stereocenters. The molecule has 3 N–H and O–H groups in total. The van der Waals surface area contributed by atoms with Crippen LogP contribution in [0.5, 0.6) is 0 Å². The van der Waals surface area contributed by atoms with Crippen molar-refractivity contribution in [1.82, 2.24) is 10.8 Å². The molecule has 3 rings (SSSR count). The van der Waals surface area contributed by atoms with Gasteiger partial charge in [0.05, 0.1) is 6.61 Å². The van der Waals surface area contributed by atoms with Crippen LogP contribution in [0.1, 0.15) is 89.7 Å². The summed E-state index contributed by atoms with van der Waals surface area (Å²) in [4.78, 5) is 30.0. The lowest BCUT2D eigenvalue weighted by molar-refractivity contribution is -0.180. The van der Waals surface area contributed by atoms with E-state index in [1.54, 1.807) is 13.0 Å². The van der Waals surface area contributed by atoms with Crippen LogP contribution in [0.15, 0.2) is 30.3 Å². The molecule has 2 aliphatic rings. The van der Waals surface area contributed by atoms with Crippen LogP contribution in [-0.4, -0.2) is 35.4 Å². The van der Waals surface area contributed by atoms with E-state index in [-0.39, 0.29) is 17.7 Å². The molecule has 1 aromatic rings. The van der Waals surface area contributed by atoms with Crippen molar-refractivity contribution in [2.75, 3.05) is 6.61 Å². The lowest BCUT2D eigenvalue weighted by Gasteiger charge is -2.44. The number of carbonyl (C=O) groups is 2. The van der Waals surface area contributed by atoms with E-state index >= 15 is 0 Å². The van der Waals surface area contributed by atoms with Crippen molar-refractivity contribution in [3.8, 4) is 0 Å². The number of carboxylic acid groups (broad SMARTS) is 1. The van der Waals surface area contributed by atoms with Gasteiger partial charge in [-0.25, -0.2) is 10.3 Å². The molecular weight excluding hydrogens is 456 g/mol. The summed E-state index contributed by atoms with van der Waals surface area (Å²) < 4.78 is 5.46. The maximum atomic E-state index is 12.8. The van der Waals surface area contributed by atoms with Gasteiger partial charge in [0, 0.05) is 12.6 Å². The highest BCUT2D eigenvalue weighted by molar-refractivity contribution is 5.90. The third-order valence-electron chi connectivity index (χ3n) is 7.58. The van der Waals surface area contributed by atoms with E-state index in [2.05, 4.69) is 10.8 Å². The van der Waals surface area contributed by atoms with Gasteiger partial charge in [0.25, 0.3) is 5.91 Å². The van der Waals surface area contributed by atoms with Crippen LogP contribution in [0.3, 0.4) is 0 Å². The van der Waals surface area contributed by atoms with Crippen LogP contribution >= 0.6 is 0 Å². The molecule has 2 fully saturated rings. The number of aliphatic carboxylic acids is 1. The summed E-state index contributed by atoms with van der Waals surface area (Å²) in [5.74, 6) is -0.276. The number of ether oxygens (including phenoxy) is 1. The fourth-order valence-electron chi connectivity index (χ4n) is 5.69. The zero-order valence-corrected chi connectivity index (χ0v) is 22.1. The highest BCUT2D eigenvalue weighted by Crippen LogP contribution is 2.44. The quantitative estimate of drug-likeness (QED) is 0.189. The second kappa shape index (κ2) is 13.9. The Labute approximate surface area is 216 Å². The SMILES string of the molecule is CC(C)COC(C)ONC(=O)/C=C/c1ccc(CN[C@](C(=O)O)(C2CCCCC2)C2CCCC2)cc1. The number of hydrogen-bond donors (Lipinski definition) is 3. The first-order valence-corrected chi connectivity index (χ1v) is 13.6. The van der Waals surface area contributed by atoms with Gasteiger partial charge in [0.15, 0.2) is 6.29 Å². The fourth-order valence-corrected chi connectivity index (χ4v) is 5.69. The van der Waals surface area contributed by atoms with E-state index in [0.29, 0.717) is 19.1 Å². The number of amides is 1. The van der Waals surface area contributed by atoms with Crippen molar-refractivity contribution in [2.45, 2.75) is 96.9 Å². The minimum absolute atomic E-state index is 0.188. The van der Waals surface area contributed by atoms with Crippen molar-refractivity contribution in [1.29, 1.82) is 0 Å². The summed E-state index contributed by atoms with van der Waals surface area (Å²) in [5, 5.41) is 14.0. The zero-order valence-electron chi connectivity index (χ0n) is 22.1. The van der Waals surface area contributed by atoms with Gasteiger partial charge in [-0.1, -0.05) is 70.2 Å². The molecule has 36 heavy (non-hydrogen) atoms. The molecular formula is C29H44N2O5. The lowest BCUT2D eigenvalue weighted by Crippen LogP contribution is -2.61. The molecule has 7 nitrogen and oxygen atoms in total. The minimum Gasteiger partial charge on any atom is -0.480 e. The number of carbonyl (C=O) groups excluding carboxylic acids is 1. The fraction of sp³-hybridized carbons (Fsp3) is 0.655. The summed E-state index contributed by atoms with van der Waals surface area (Å²) in [6.07, 6.45) is 12.3. The van der Waals surface area contributed by atoms with Gasteiger partial charge >= 0.3 is 5.97 Å². The molecule has 0 aromatic heterocycles. The first kappa shape index (κ1) is 28.4. The molecule has 7 heteroatoms. The average molecular weight is 501 g/mol. The van der Waals surface area contributed by atoms with Gasteiger partial charge < -0.3 is 9.84 Å². The van der Waals surface area contributed by atoms with Crippen LogP contribution < -0.4 is 10.8 Å². The monoisotopic (exact) mass is 500 g/mol. The molecule has 0 aliphatic heterocycles. The average Bonchev–Trinajstić information content (AvgIpc) is 3.42. The molecule has 1 aromatic carbocycles. The van der Waals surface area contributed by atoms with E-state index in [4.69, 9.17) is 9.57 Å². The number of hydroxylamine groups is 1. The van der Waals surface area contributed by atoms with Crippen molar-refractivity contribution >= 4 is 18.0 Å². The number of rotatable bonds is 13. The molecule has 2 saturated carbocycles. The van der Waals surface area contributed by atoms with Crippen molar-refractivity contribution < 1.29 is 24.3 Å². The van der Waals surface area contributed by atoms with Gasteiger partial charge in [-0.05, 0) is 67.6 Å². The van der Waals surface area contributed by atoms with E-state index in [1.165, 1.54) is 12.5 Å². The Morgan fingerprint density at radius 1 is 1.00 bits per heavy atom. The summed E-state index contributed by atoms with van der Waals surface area (Å²) in [6.45, 7) is 6.91. The smallest absolute Gasteiger partial charge is 0.324 e. The van der Waals surface area contributed by atoms with E-state index in [9.17, 15) is 14.7 Å². The molecule has 0 bridgehead atoms. The largest absolute Gasteiger partial charge is 0.480 e. The summed E-state index contributed by atoms with van der Waals surface area (Å²) in [5.41, 5.74) is 3.45. The predicted octanol–water partition coefficient (Wildman–Crippen LogP) is 5.45. The molecule has 1 amide bonds. The summed E-state index contributed by atoms with van der Waals surface area (Å²) >= 11 is 0. The molecule has 1 unspecified atom stereocenters. The second-order valence-corrected chi connectivity index (χ2v) is 10.8. The maximum Gasteiger partial charge on any atom is 0.324 e. The first-order valence-electron chi connectivity index (χ1n) is 13.6. The van der Waals surface area contributed by atoms with Gasteiger partial charge in [-0.2, -0.15) is 0 Å². The Morgan fingerprint density at radius 2 is 1.58 bits per heavy atom. The Bertz CT molecular complexity index is 857. The van der Waals surface area contributed by atoms with Gasteiger partial charge in [0.1, 0.15) is 5.54 Å². The topological polar surface area (TPSA) is 96.9 Å². The van der Waals surface area contributed by atoms with Crippen molar-refractivity contribution in [3.63, 3.8) is 0 Å². The van der Waals surface area contributed by atoms with Gasteiger partial charge in [-0.3, -0.25) is 14.9 Å². The molecule has 0 saturated heterocycles. The third-order valence-corrected chi connectivity index (χ3v) is 7.58. The van der Waals surface area contributed by atoms with E-state index in [0.717, 1.165) is 62.5 Å². The van der Waals surface area contributed by atoms with Crippen molar-refractivity contribution in [2.24, 2.45) is 17.8 Å². The number of benzene rings is 1. The predicted molar refractivity (Wildman–Crippen MR) is 141 cm³/mol. The number of nitrogens with one attached hydrogen (secondary N) is 2. The van der Waals surface area contributed by atoms with Crippen molar-refractivity contribution in [3.05, 3.63) is 41.5 Å². The minimum atomic E-state index is -0.844.